The van der Waals surface area contributed by atoms with Gasteiger partial charge in [0.2, 0.25) is 0 Å². The van der Waals surface area contributed by atoms with Crippen molar-refractivity contribution in [3.63, 3.8) is 0 Å². The second-order valence-electron chi connectivity index (χ2n) is 18.6. The zero-order valence-corrected chi connectivity index (χ0v) is 38.1. The van der Waals surface area contributed by atoms with Gasteiger partial charge in [-0.25, -0.2) is 0 Å². The Kier molecular flexibility index (Phi) is 8.97. The molecule has 69 heavy (non-hydrogen) atoms. The van der Waals surface area contributed by atoms with Crippen LogP contribution < -0.4 is 4.90 Å². The third-order valence-electron chi connectivity index (χ3n) is 15.0. The zero-order valence-electron chi connectivity index (χ0n) is 38.1. The van der Waals surface area contributed by atoms with E-state index >= 15 is 0 Å². The van der Waals surface area contributed by atoms with Gasteiger partial charge in [0.05, 0.1) is 27.8 Å². The van der Waals surface area contributed by atoms with E-state index in [-0.39, 0.29) is 0 Å². The second-order valence-corrected chi connectivity index (χ2v) is 18.6. The molecule has 0 atom stereocenters. The van der Waals surface area contributed by atoms with E-state index < -0.39 is 5.41 Å². The Labute approximate surface area is 403 Å². The minimum absolute atomic E-state index is 0.469. The number of aromatic nitrogens is 1. The van der Waals surface area contributed by atoms with Crippen molar-refractivity contribution >= 4 is 44.4 Å². The first kappa shape index (κ1) is 39.4. The predicted octanol–water partition coefficient (Wildman–Crippen LogP) is 17.7. The molecular formula is C67H46N2. The molecule has 0 saturated heterocycles. The molecule has 0 aliphatic heterocycles. The van der Waals surface area contributed by atoms with E-state index in [4.69, 9.17) is 0 Å². The van der Waals surface area contributed by atoms with Gasteiger partial charge in [-0.2, -0.15) is 0 Å². The lowest BCUT2D eigenvalue weighted by molar-refractivity contribution is 0.794. The summed E-state index contributed by atoms with van der Waals surface area (Å²) in [5.41, 5.74) is 24.2. The molecule has 0 saturated carbocycles. The highest BCUT2D eigenvalue weighted by Gasteiger charge is 2.52. The lowest BCUT2D eigenvalue weighted by atomic mass is 9.70. The minimum atomic E-state index is -0.469. The fourth-order valence-corrected chi connectivity index (χ4v) is 12.1. The van der Waals surface area contributed by atoms with Crippen molar-refractivity contribution in [2.24, 2.45) is 0 Å². The summed E-state index contributed by atoms with van der Waals surface area (Å²) in [6, 6.07) is 88.2. The topological polar surface area (TPSA) is 8.17 Å². The van der Waals surface area contributed by atoms with Crippen LogP contribution >= 0.6 is 0 Å². The van der Waals surface area contributed by atoms with Crippen molar-refractivity contribution < 1.29 is 0 Å². The summed E-state index contributed by atoms with van der Waals surface area (Å²) in [5, 5.41) is 2.48. The van der Waals surface area contributed by atoms with E-state index in [1.165, 1.54) is 94.1 Å². The van der Waals surface area contributed by atoms with Crippen molar-refractivity contribution in [2.75, 3.05) is 4.90 Å². The largest absolute Gasteiger partial charge is 0.309 e. The Bertz CT molecular complexity index is 3860. The van der Waals surface area contributed by atoms with E-state index in [2.05, 4.69) is 264 Å². The number of allylic oxidation sites excluding steroid dienone is 4. The molecule has 0 unspecified atom stereocenters. The molecule has 3 aliphatic carbocycles. The van der Waals surface area contributed by atoms with Gasteiger partial charge >= 0.3 is 0 Å². The average molecular weight is 879 g/mol. The van der Waals surface area contributed by atoms with Crippen molar-refractivity contribution in [3.8, 4) is 50.2 Å². The highest BCUT2D eigenvalue weighted by atomic mass is 15.1. The lowest BCUT2D eigenvalue weighted by Gasteiger charge is -2.32. The normalized spacial score (nSPS) is 13.8. The van der Waals surface area contributed by atoms with Crippen LogP contribution in [-0.2, 0) is 5.41 Å². The highest BCUT2D eigenvalue weighted by Crippen LogP contribution is 2.65. The molecule has 0 fully saturated rings. The Morgan fingerprint density at radius 1 is 0.377 bits per heavy atom. The number of hydrogen-bond donors (Lipinski definition) is 0. The van der Waals surface area contributed by atoms with Crippen LogP contribution in [0.4, 0.5) is 17.1 Å². The van der Waals surface area contributed by atoms with Crippen molar-refractivity contribution in [3.05, 3.63) is 283 Å². The first-order chi connectivity index (χ1) is 34.3. The zero-order chi connectivity index (χ0) is 45.5. The Morgan fingerprint density at radius 2 is 0.986 bits per heavy atom. The molecule has 14 rings (SSSR count). The molecule has 1 spiro atoms. The van der Waals surface area contributed by atoms with E-state index in [0.29, 0.717) is 0 Å². The fraction of sp³-hybridized carbons (Fsp3) is 0.0448. The fourth-order valence-electron chi connectivity index (χ4n) is 12.1. The van der Waals surface area contributed by atoms with Crippen molar-refractivity contribution in [2.45, 2.75) is 18.3 Å². The molecule has 1 aromatic heterocycles. The van der Waals surface area contributed by atoms with E-state index in [1.54, 1.807) is 0 Å². The number of para-hydroxylation sites is 2. The molecule has 3 aliphatic rings. The van der Waals surface area contributed by atoms with Gasteiger partial charge in [0.25, 0.3) is 0 Å². The molecule has 324 valence electrons. The number of benzene rings is 10. The van der Waals surface area contributed by atoms with Crippen LogP contribution in [0.1, 0.15) is 40.7 Å². The van der Waals surface area contributed by atoms with Gasteiger partial charge in [0.15, 0.2) is 0 Å². The first-order valence-corrected chi connectivity index (χ1v) is 24.2. The van der Waals surface area contributed by atoms with Gasteiger partial charge in [-0.15, -0.1) is 0 Å². The van der Waals surface area contributed by atoms with Gasteiger partial charge < -0.3 is 9.47 Å². The second kappa shape index (κ2) is 15.7. The first-order valence-electron chi connectivity index (χ1n) is 24.2. The molecule has 2 nitrogen and oxygen atoms in total. The summed E-state index contributed by atoms with van der Waals surface area (Å²) in [5.74, 6) is 0. The van der Waals surface area contributed by atoms with Crippen LogP contribution in [0.5, 0.6) is 0 Å². The standard InChI is InChI=1S/C67H46N2/c1-4-20-45(21-5-1)48-38-40-63(56(43-48)46-22-6-2-7-23-46)69(51-27-18-24-47(42-51)49-39-41-64-57(44-49)54-30-13-17-36-62(54)68(64)50-25-8-3-9-26-50)65-37-19-35-61-66(65)55-31-12-16-34-60(55)67(61)58-32-14-10-28-52(58)53-29-11-15-33-59(53)67/h2-4,6-44H,1,5H2. The number of hydrogen-bond acceptors (Lipinski definition) is 1. The van der Waals surface area contributed by atoms with Gasteiger partial charge in [-0.3, -0.25) is 0 Å². The number of anilines is 3. The Balaban J connectivity index is 1.03. The van der Waals surface area contributed by atoms with Crippen LogP contribution in [-0.4, -0.2) is 4.57 Å². The molecule has 0 bridgehead atoms. The summed E-state index contributed by atoms with van der Waals surface area (Å²) >= 11 is 0. The van der Waals surface area contributed by atoms with E-state index in [1.807, 2.05) is 0 Å². The minimum Gasteiger partial charge on any atom is -0.309 e. The van der Waals surface area contributed by atoms with Crippen LogP contribution in [0.15, 0.2) is 255 Å². The summed E-state index contributed by atoms with van der Waals surface area (Å²) in [6.07, 6.45) is 9.11. The smallest absolute Gasteiger partial charge is 0.0726 e. The van der Waals surface area contributed by atoms with Gasteiger partial charge in [0, 0.05) is 33.3 Å². The van der Waals surface area contributed by atoms with E-state index in [9.17, 15) is 0 Å². The summed E-state index contributed by atoms with van der Waals surface area (Å²) < 4.78 is 2.39. The average Bonchev–Trinajstić information content (AvgIpc) is 4.04. The summed E-state index contributed by atoms with van der Waals surface area (Å²) in [4.78, 5) is 2.56. The lowest BCUT2D eigenvalue weighted by Crippen LogP contribution is -2.26. The van der Waals surface area contributed by atoms with Crippen LogP contribution in [0.25, 0.3) is 77.6 Å². The Morgan fingerprint density at radius 3 is 1.75 bits per heavy atom. The number of fused-ring (bicyclic) bond motifs is 13. The quantitative estimate of drug-likeness (QED) is 0.155. The van der Waals surface area contributed by atoms with E-state index in [0.717, 1.165) is 41.2 Å². The molecule has 0 radical (unpaired) electrons. The highest BCUT2D eigenvalue weighted by molar-refractivity contribution is 6.11. The summed E-state index contributed by atoms with van der Waals surface area (Å²) in [6.45, 7) is 0. The molecule has 1 heterocycles. The van der Waals surface area contributed by atoms with Crippen molar-refractivity contribution in [1.82, 2.24) is 4.57 Å². The maximum absolute atomic E-state index is 2.56. The van der Waals surface area contributed by atoms with Crippen LogP contribution in [0.2, 0.25) is 0 Å². The molecular weight excluding hydrogens is 833 g/mol. The monoisotopic (exact) mass is 878 g/mol. The number of nitrogens with zero attached hydrogens (tertiary/aromatic N) is 2. The van der Waals surface area contributed by atoms with Gasteiger partial charge in [-0.1, -0.05) is 194 Å². The Hall–Kier alpha value is -8.72. The SMILES string of the molecule is C1=CC(c2ccc(N(c3cccc(-c4ccc5c(c4)c4ccccc4n5-c4ccccc4)c3)c3cccc4c3-c3ccccc3C43c4ccccc4-c4ccccc43)c(-c3ccccc3)c2)=CCC1. The number of rotatable bonds is 7. The molecule has 0 N–H and O–H groups in total. The van der Waals surface area contributed by atoms with Gasteiger partial charge in [-0.05, 0) is 140 Å². The molecule has 11 aromatic rings. The van der Waals surface area contributed by atoms with Crippen LogP contribution in [0, 0.1) is 0 Å². The summed E-state index contributed by atoms with van der Waals surface area (Å²) in [7, 11) is 0. The van der Waals surface area contributed by atoms with Crippen LogP contribution in [0.3, 0.4) is 0 Å². The maximum atomic E-state index is 2.56. The van der Waals surface area contributed by atoms with Gasteiger partial charge in [0.1, 0.15) is 0 Å². The maximum Gasteiger partial charge on any atom is 0.0726 e. The van der Waals surface area contributed by atoms with Crippen molar-refractivity contribution in [1.29, 1.82) is 0 Å². The molecule has 0 amide bonds. The third kappa shape index (κ3) is 5.92. The molecule has 2 heteroatoms. The third-order valence-corrected chi connectivity index (χ3v) is 15.0. The predicted molar refractivity (Wildman–Crippen MR) is 289 cm³/mol. The molecule has 10 aromatic carbocycles.